The Hall–Kier alpha value is -2.81. The number of aromatic nitrogens is 2. The maximum absolute atomic E-state index is 9.32. The predicted octanol–water partition coefficient (Wildman–Crippen LogP) is 2.67. The van der Waals surface area contributed by atoms with E-state index in [4.69, 9.17) is 4.98 Å². The number of nitriles is 1. The van der Waals surface area contributed by atoms with Crippen LogP contribution in [0.1, 0.15) is 24.8 Å². The van der Waals surface area contributed by atoms with E-state index in [-0.39, 0.29) is 0 Å². The van der Waals surface area contributed by atoms with Crippen LogP contribution in [0, 0.1) is 11.3 Å². The minimum Gasteiger partial charge on any atom is -0.367 e. The number of anilines is 3. The van der Waals surface area contributed by atoms with E-state index in [1.807, 2.05) is 36.5 Å². The van der Waals surface area contributed by atoms with Crippen LogP contribution in [-0.2, 0) is 0 Å². The van der Waals surface area contributed by atoms with E-state index in [1.165, 1.54) is 19.3 Å². The molecule has 0 bridgehead atoms. The van der Waals surface area contributed by atoms with Crippen molar-refractivity contribution < 1.29 is 0 Å². The molecule has 6 nitrogen and oxygen atoms in total. The van der Waals surface area contributed by atoms with Crippen LogP contribution < -0.4 is 14.7 Å². The highest BCUT2D eigenvalue weighted by atomic mass is 15.3. The lowest BCUT2D eigenvalue weighted by molar-refractivity contribution is 0.567. The first kappa shape index (κ1) is 16.6. The Morgan fingerprint density at radius 1 is 0.808 bits per heavy atom. The van der Waals surface area contributed by atoms with Gasteiger partial charge in [-0.05, 0) is 37.5 Å². The fourth-order valence-corrected chi connectivity index (χ4v) is 3.78. The molecular formula is C20H24N6. The number of piperidine rings is 1. The molecule has 1 aromatic carbocycles. The summed E-state index contributed by atoms with van der Waals surface area (Å²) in [6, 6.07) is 12.1. The van der Waals surface area contributed by atoms with Crippen molar-refractivity contribution >= 4 is 17.5 Å². The second-order valence-corrected chi connectivity index (χ2v) is 6.87. The summed E-state index contributed by atoms with van der Waals surface area (Å²) in [5, 5.41) is 9.32. The number of para-hydroxylation sites is 1. The molecule has 2 aromatic rings. The molecule has 0 N–H and O–H groups in total. The lowest BCUT2D eigenvalue weighted by Gasteiger charge is -2.37. The van der Waals surface area contributed by atoms with Gasteiger partial charge in [-0.2, -0.15) is 10.2 Å². The van der Waals surface area contributed by atoms with E-state index in [1.54, 1.807) is 0 Å². The van der Waals surface area contributed by atoms with Gasteiger partial charge in [-0.1, -0.05) is 12.1 Å². The molecule has 0 unspecified atom stereocenters. The van der Waals surface area contributed by atoms with Crippen LogP contribution >= 0.6 is 0 Å². The van der Waals surface area contributed by atoms with Crippen molar-refractivity contribution in [1.82, 2.24) is 9.97 Å². The van der Waals surface area contributed by atoms with Gasteiger partial charge in [0.15, 0.2) is 0 Å². The van der Waals surface area contributed by atoms with Crippen LogP contribution in [0.4, 0.5) is 17.5 Å². The van der Waals surface area contributed by atoms with E-state index < -0.39 is 0 Å². The largest absolute Gasteiger partial charge is 0.367 e. The first-order chi connectivity index (χ1) is 12.8. The Labute approximate surface area is 154 Å². The summed E-state index contributed by atoms with van der Waals surface area (Å²) in [5.74, 6) is 1.87. The van der Waals surface area contributed by atoms with Crippen molar-refractivity contribution in [3.05, 3.63) is 42.1 Å². The quantitative estimate of drug-likeness (QED) is 0.850. The third-order valence-electron chi connectivity index (χ3n) is 5.24. The molecule has 3 heterocycles. The Bertz CT molecular complexity index is 785. The van der Waals surface area contributed by atoms with Gasteiger partial charge in [0.1, 0.15) is 11.9 Å². The number of rotatable bonds is 3. The lowest BCUT2D eigenvalue weighted by atomic mass is 10.1. The van der Waals surface area contributed by atoms with Gasteiger partial charge in [0, 0.05) is 45.5 Å². The first-order valence-corrected chi connectivity index (χ1v) is 9.42. The maximum Gasteiger partial charge on any atom is 0.227 e. The van der Waals surface area contributed by atoms with Gasteiger partial charge in [-0.15, -0.1) is 0 Å². The lowest BCUT2D eigenvalue weighted by Crippen LogP contribution is -2.47. The zero-order chi connectivity index (χ0) is 17.8. The summed E-state index contributed by atoms with van der Waals surface area (Å²) in [4.78, 5) is 16.2. The summed E-state index contributed by atoms with van der Waals surface area (Å²) in [5.41, 5.74) is 1.78. The molecule has 0 aliphatic carbocycles. The van der Waals surface area contributed by atoms with Gasteiger partial charge in [0.25, 0.3) is 0 Å². The maximum atomic E-state index is 9.32. The van der Waals surface area contributed by atoms with Crippen molar-refractivity contribution in [1.29, 1.82) is 5.26 Å². The summed E-state index contributed by atoms with van der Waals surface area (Å²) in [6.45, 7) is 5.69. The van der Waals surface area contributed by atoms with Gasteiger partial charge in [0.2, 0.25) is 5.95 Å². The standard InChI is InChI=1S/C20H24N6/c21-16-17-6-2-3-7-18(17)24-12-14-25(15-13-24)19-8-9-22-20(23-19)26-10-4-1-5-11-26/h2-3,6-9H,1,4-5,10-15H2. The average Bonchev–Trinajstić information content (AvgIpc) is 2.74. The number of hydrogen-bond acceptors (Lipinski definition) is 6. The molecule has 2 aliphatic heterocycles. The normalized spacial score (nSPS) is 17.9. The highest BCUT2D eigenvalue weighted by Gasteiger charge is 2.21. The molecule has 0 saturated carbocycles. The minimum absolute atomic E-state index is 0.746. The molecule has 0 atom stereocenters. The molecule has 134 valence electrons. The number of hydrogen-bond donors (Lipinski definition) is 0. The number of nitrogens with zero attached hydrogens (tertiary/aromatic N) is 6. The van der Waals surface area contributed by atoms with Crippen molar-refractivity contribution in [2.45, 2.75) is 19.3 Å². The van der Waals surface area contributed by atoms with Crippen molar-refractivity contribution in [3.8, 4) is 6.07 Å². The Morgan fingerprint density at radius 3 is 2.31 bits per heavy atom. The van der Waals surface area contributed by atoms with Crippen LogP contribution in [0.15, 0.2) is 36.5 Å². The molecule has 0 radical (unpaired) electrons. The predicted molar refractivity (Wildman–Crippen MR) is 104 cm³/mol. The molecule has 0 spiro atoms. The molecule has 26 heavy (non-hydrogen) atoms. The molecule has 6 heteroatoms. The summed E-state index contributed by atoms with van der Waals surface area (Å²) >= 11 is 0. The molecule has 1 aromatic heterocycles. The van der Waals surface area contributed by atoms with Gasteiger partial charge in [0.05, 0.1) is 11.3 Å². The molecule has 2 aliphatic rings. The first-order valence-electron chi connectivity index (χ1n) is 9.42. The highest BCUT2D eigenvalue weighted by Crippen LogP contribution is 2.24. The van der Waals surface area contributed by atoms with E-state index in [0.717, 1.165) is 62.3 Å². The molecule has 0 amide bonds. The average molecular weight is 348 g/mol. The second kappa shape index (κ2) is 7.61. The van der Waals surface area contributed by atoms with Gasteiger partial charge < -0.3 is 14.7 Å². The minimum atomic E-state index is 0.746. The van der Waals surface area contributed by atoms with Crippen LogP contribution in [0.5, 0.6) is 0 Å². The smallest absolute Gasteiger partial charge is 0.227 e. The summed E-state index contributed by atoms with van der Waals surface area (Å²) < 4.78 is 0. The second-order valence-electron chi connectivity index (χ2n) is 6.87. The third-order valence-corrected chi connectivity index (χ3v) is 5.24. The third kappa shape index (κ3) is 3.43. The fraction of sp³-hybridized carbons (Fsp3) is 0.450. The number of benzene rings is 1. The van der Waals surface area contributed by atoms with E-state index >= 15 is 0 Å². The fourth-order valence-electron chi connectivity index (χ4n) is 3.78. The zero-order valence-corrected chi connectivity index (χ0v) is 15.0. The highest BCUT2D eigenvalue weighted by molar-refractivity contribution is 5.60. The molecule has 4 rings (SSSR count). The molecular weight excluding hydrogens is 324 g/mol. The van der Waals surface area contributed by atoms with Crippen molar-refractivity contribution in [2.24, 2.45) is 0 Å². The number of piperazine rings is 1. The summed E-state index contributed by atoms with van der Waals surface area (Å²) in [6.07, 6.45) is 5.64. The van der Waals surface area contributed by atoms with Crippen LogP contribution in [0.3, 0.4) is 0 Å². The monoisotopic (exact) mass is 348 g/mol. The zero-order valence-electron chi connectivity index (χ0n) is 15.0. The van der Waals surface area contributed by atoms with Gasteiger partial charge >= 0.3 is 0 Å². The van der Waals surface area contributed by atoms with E-state index in [0.29, 0.717) is 0 Å². The Balaban J connectivity index is 1.44. The Morgan fingerprint density at radius 2 is 1.54 bits per heavy atom. The van der Waals surface area contributed by atoms with Gasteiger partial charge in [-0.25, -0.2) is 4.98 Å². The van der Waals surface area contributed by atoms with Crippen LogP contribution in [0.2, 0.25) is 0 Å². The van der Waals surface area contributed by atoms with E-state index in [9.17, 15) is 5.26 Å². The van der Waals surface area contributed by atoms with Crippen molar-refractivity contribution in [2.75, 3.05) is 54.0 Å². The summed E-state index contributed by atoms with van der Waals surface area (Å²) in [7, 11) is 0. The molecule has 2 saturated heterocycles. The van der Waals surface area contributed by atoms with Crippen LogP contribution in [-0.4, -0.2) is 49.2 Å². The van der Waals surface area contributed by atoms with Gasteiger partial charge in [-0.3, -0.25) is 0 Å². The topological polar surface area (TPSA) is 59.3 Å². The Kier molecular flexibility index (Phi) is 4.87. The van der Waals surface area contributed by atoms with E-state index in [2.05, 4.69) is 25.8 Å². The van der Waals surface area contributed by atoms with Crippen LogP contribution in [0.25, 0.3) is 0 Å². The molecule has 2 fully saturated rings. The SMILES string of the molecule is N#Cc1ccccc1N1CCN(c2ccnc(N3CCCCC3)n2)CC1. The van der Waals surface area contributed by atoms with Crippen molar-refractivity contribution in [3.63, 3.8) is 0 Å².